The Bertz CT molecular complexity index is 554. The zero-order valence-electron chi connectivity index (χ0n) is 17.9. The molecule has 1 aromatic rings. The van der Waals surface area contributed by atoms with Crippen molar-refractivity contribution < 1.29 is 0 Å². The van der Waals surface area contributed by atoms with Crippen LogP contribution in [0.25, 0.3) is 0 Å². The number of hydrogen-bond donors (Lipinski definition) is 1. The van der Waals surface area contributed by atoms with Gasteiger partial charge in [0.15, 0.2) is 5.96 Å². The summed E-state index contributed by atoms with van der Waals surface area (Å²) in [6.07, 6.45) is 3.67. The molecule has 5 nitrogen and oxygen atoms in total. The molecule has 1 N–H and O–H groups in total. The number of guanidine groups is 1. The molecule has 27 heavy (non-hydrogen) atoms. The van der Waals surface area contributed by atoms with Crippen molar-refractivity contribution in [2.24, 2.45) is 4.99 Å². The second-order valence-electron chi connectivity index (χ2n) is 7.69. The summed E-state index contributed by atoms with van der Waals surface area (Å²) in [5.74, 6) is 1.00. The van der Waals surface area contributed by atoms with E-state index in [0.717, 1.165) is 32.1 Å². The predicted molar refractivity (Wildman–Crippen MR) is 116 cm³/mol. The first-order valence-electron chi connectivity index (χ1n) is 10.6. The van der Waals surface area contributed by atoms with Gasteiger partial charge in [-0.05, 0) is 51.0 Å². The second-order valence-corrected chi connectivity index (χ2v) is 7.69. The Labute approximate surface area is 166 Å². The number of unbranched alkanes of at least 4 members (excludes halogenated alkanes) is 1. The van der Waals surface area contributed by atoms with Crippen molar-refractivity contribution in [1.29, 1.82) is 0 Å². The Morgan fingerprint density at radius 1 is 1.07 bits per heavy atom. The van der Waals surface area contributed by atoms with Crippen LogP contribution in [0.15, 0.2) is 29.3 Å². The molecule has 0 bridgehead atoms. The Balaban J connectivity index is 1.89. The third kappa shape index (κ3) is 7.89. The van der Waals surface area contributed by atoms with E-state index in [9.17, 15) is 0 Å². The number of aliphatic imine (C=N–C) groups is 1. The fourth-order valence-corrected chi connectivity index (χ4v) is 3.40. The maximum atomic E-state index is 4.82. The lowest BCUT2D eigenvalue weighted by Crippen LogP contribution is -2.39. The van der Waals surface area contributed by atoms with Gasteiger partial charge in [-0.3, -0.25) is 4.90 Å². The lowest BCUT2D eigenvalue weighted by Gasteiger charge is -2.22. The van der Waals surface area contributed by atoms with Gasteiger partial charge < -0.3 is 15.1 Å². The van der Waals surface area contributed by atoms with Crippen molar-refractivity contribution in [3.63, 3.8) is 0 Å². The van der Waals surface area contributed by atoms with Gasteiger partial charge in [0.25, 0.3) is 0 Å². The Morgan fingerprint density at radius 2 is 1.81 bits per heavy atom. The SMILES string of the molecule is CCCCN(C)C(=NCc1ccc(CN2CCCN(C)CC2)cc1)NCC. The minimum atomic E-state index is 0.730. The van der Waals surface area contributed by atoms with E-state index in [1.165, 1.54) is 56.6 Å². The van der Waals surface area contributed by atoms with Gasteiger partial charge in [-0.15, -0.1) is 0 Å². The molecule has 0 saturated carbocycles. The van der Waals surface area contributed by atoms with E-state index in [2.05, 4.69) is 72.2 Å². The predicted octanol–water partition coefficient (Wildman–Crippen LogP) is 3.02. The molecular weight excluding hydrogens is 334 g/mol. The van der Waals surface area contributed by atoms with Gasteiger partial charge in [-0.25, -0.2) is 4.99 Å². The lowest BCUT2D eigenvalue weighted by molar-refractivity contribution is 0.269. The summed E-state index contributed by atoms with van der Waals surface area (Å²) >= 11 is 0. The molecule has 0 amide bonds. The van der Waals surface area contributed by atoms with Crippen molar-refractivity contribution >= 4 is 5.96 Å². The average molecular weight is 374 g/mol. The highest BCUT2D eigenvalue weighted by molar-refractivity contribution is 5.79. The van der Waals surface area contributed by atoms with Gasteiger partial charge in [0.05, 0.1) is 6.54 Å². The largest absolute Gasteiger partial charge is 0.357 e. The summed E-state index contributed by atoms with van der Waals surface area (Å²) in [6, 6.07) is 9.01. The first-order valence-corrected chi connectivity index (χ1v) is 10.6. The fourth-order valence-electron chi connectivity index (χ4n) is 3.40. The molecule has 152 valence electrons. The van der Waals surface area contributed by atoms with E-state index in [1.54, 1.807) is 0 Å². The molecule has 1 aliphatic rings. The minimum Gasteiger partial charge on any atom is -0.357 e. The van der Waals surface area contributed by atoms with Crippen molar-refractivity contribution in [2.75, 3.05) is 53.4 Å². The van der Waals surface area contributed by atoms with Gasteiger partial charge in [0.2, 0.25) is 0 Å². The van der Waals surface area contributed by atoms with Crippen LogP contribution in [0.1, 0.15) is 44.2 Å². The zero-order valence-corrected chi connectivity index (χ0v) is 17.9. The van der Waals surface area contributed by atoms with Crippen LogP contribution in [0, 0.1) is 0 Å². The van der Waals surface area contributed by atoms with Crippen LogP contribution in [0.4, 0.5) is 0 Å². The lowest BCUT2D eigenvalue weighted by atomic mass is 10.1. The quantitative estimate of drug-likeness (QED) is 0.561. The van der Waals surface area contributed by atoms with E-state index < -0.39 is 0 Å². The van der Waals surface area contributed by atoms with Gasteiger partial charge in [-0.1, -0.05) is 37.6 Å². The van der Waals surface area contributed by atoms with E-state index in [1.807, 2.05) is 0 Å². The van der Waals surface area contributed by atoms with Crippen LogP contribution in [-0.2, 0) is 13.1 Å². The first kappa shape index (κ1) is 21.7. The van der Waals surface area contributed by atoms with E-state index in [-0.39, 0.29) is 0 Å². The summed E-state index contributed by atoms with van der Waals surface area (Å²) in [4.78, 5) is 12.1. The van der Waals surface area contributed by atoms with Gasteiger partial charge in [0.1, 0.15) is 0 Å². The second kappa shape index (κ2) is 12.0. The number of nitrogens with zero attached hydrogens (tertiary/aromatic N) is 4. The molecule has 2 rings (SSSR count). The molecule has 1 fully saturated rings. The summed E-state index contributed by atoms with van der Waals surface area (Å²) in [5, 5.41) is 3.40. The Morgan fingerprint density at radius 3 is 2.52 bits per heavy atom. The molecule has 0 spiro atoms. The topological polar surface area (TPSA) is 34.1 Å². The fraction of sp³-hybridized carbons (Fsp3) is 0.682. The van der Waals surface area contributed by atoms with Crippen LogP contribution < -0.4 is 5.32 Å². The number of benzene rings is 1. The highest BCUT2D eigenvalue weighted by Gasteiger charge is 2.12. The Kier molecular flexibility index (Phi) is 9.64. The van der Waals surface area contributed by atoms with Gasteiger partial charge in [-0.2, -0.15) is 0 Å². The first-order chi connectivity index (χ1) is 13.1. The van der Waals surface area contributed by atoms with E-state index in [0.29, 0.717) is 0 Å². The van der Waals surface area contributed by atoms with E-state index >= 15 is 0 Å². The standard InChI is InChI=1S/C22H39N5/c1-5-7-14-26(4)22(23-6-2)24-18-20-9-11-21(12-10-20)19-27-15-8-13-25(3)16-17-27/h9-12H,5-8,13-19H2,1-4H3,(H,23,24). The number of hydrogen-bond acceptors (Lipinski definition) is 3. The number of rotatable bonds is 8. The van der Waals surface area contributed by atoms with Crippen molar-refractivity contribution in [3.8, 4) is 0 Å². The molecule has 0 aliphatic carbocycles. The summed E-state index contributed by atoms with van der Waals surface area (Å²) < 4.78 is 0. The van der Waals surface area contributed by atoms with Crippen LogP contribution in [0.2, 0.25) is 0 Å². The zero-order chi connectivity index (χ0) is 19.5. The average Bonchev–Trinajstić information content (AvgIpc) is 2.88. The number of likely N-dealkylation sites (N-methyl/N-ethyl adjacent to an activating group) is 1. The summed E-state index contributed by atoms with van der Waals surface area (Å²) in [5.41, 5.74) is 2.67. The van der Waals surface area contributed by atoms with Gasteiger partial charge in [0, 0.05) is 39.8 Å². The molecule has 1 aliphatic heterocycles. The molecule has 0 atom stereocenters. The van der Waals surface area contributed by atoms with Gasteiger partial charge >= 0.3 is 0 Å². The molecule has 1 aromatic carbocycles. The summed E-state index contributed by atoms with van der Waals surface area (Å²) in [7, 11) is 4.35. The number of nitrogens with one attached hydrogen (secondary N) is 1. The van der Waals surface area contributed by atoms with Crippen molar-refractivity contribution in [2.45, 2.75) is 46.2 Å². The third-order valence-corrected chi connectivity index (χ3v) is 5.20. The van der Waals surface area contributed by atoms with Crippen LogP contribution >= 0.6 is 0 Å². The molecule has 0 aromatic heterocycles. The monoisotopic (exact) mass is 373 g/mol. The molecule has 0 radical (unpaired) electrons. The van der Waals surface area contributed by atoms with Crippen LogP contribution in [-0.4, -0.2) is 74.0 Å². The van der Waals surface area contributed by atoms with Crippen molar-refractivity contribution in [1.82, 2.24) is 20.0 Å². The highest BCUT2D eigenvalue weighted by atomic mass is 15.3. The van der Waals surface area contributed by atoms with Crippen LogP contribution in [0.3, 0.4) is 0 Å². The van der Waals surface area contributed by atoms with Crippen LogP contribution in [0.5, 0.6) is 0 Å². The van der Waals surface area contributed by atoms with E-state index in [4.69, 9.17) is 4.99 Å². The maximum Gasteiger partial charge on any atom is 0.193 e. The molecule has 1 heterocycles. The molecule has 1 saturated heterocycles. The smallest absolute Gasteiger partial charge is 0.193 e. The van der Waals surface area contributed by atoms with Crippen molar-refractivity contribution in [3.05, 3.63) is 35.4 Å². The molecule has 5 heteroatoms. The normalized spacial score (nSPS) is 17.0. The molecule has 0 unspecified atom stereocenters. The Hall–Kier alpha value is -1.59. The highest BCUT2D eigenvalue weighted by Crippen LogP contribution is 2.11. The maximum absolute atomic E-state index is 4.82. The molecular formula is C22H39N5. The third-order valence-electron chi connectivity index (χ3n) is 5.20. The minimum absolute atomic E-state index is 0.730. The summed E-state index contributed by atoms with van der Waals surface area (Å²) in [6.45, 7) is 12.8.